The van der Waals surface area contributed by atoms with Gasteiger partial charge in [-0.1, -0.05) is 12.1 Å². The molecular weight excluding hydrogens is 476 g/mol. The molecular formula is C25H33N8O2S+. The van der Waals surface area contributed by atoms with Crippen LogP contribution in [-0.2, 0) is 28.1 Å². The van der Waals surface area contributed by atoms with Gasteiger partial charge in [-0.15, -0.1) is 4.72 Å². The van der Waals surface area contributed by atoms with E-state index in [4.69, 9.17) is 4.98 Å². The predicted molar refractivity (Wildman–Crippen MR) is 148 cm³/mol. The molecule has 0 saturated heterocycles. The number of benzene rings is 2. The van der Waals surface area contributed by atoms with E-state index in [2.05, 4.69) is 55.9 Å². The van der Waals surface area contributed by atoms with Crippen LogP contribution < -0.4 is 20.3 Å². The highest BCUT2D eigenvalue weighted by atomic mass is 32.3. The van der Waals surface area contributed by atoms with Gasteiger partial charge in [0, 0.05) is 51.2 Å². The van der Waals surface area contributed by atoms with Crippen LogP contribution >= 0.6 is 0 Å². The van der Waals surface area contributed by atoms with Crippen LogP contribution in [0.5, 0.6) is 0 Å². The Labute approximate surface area is 212 Å². The number of aromatic nitrogens is 4. The van der Waals surface area contributed by atoms with Crippen LogP contribution in [0, 0.1) is 0 Å². The fourth-order valence-corrected chi connectivity index (χ4v) is 4.47. The quantitative estimate of drug-likeness (QED) is 0.233. The zero-order valence-electron chi connectivity index (χ0n) is 21.2. The fraction of sp³-hybridized carbons (Fsp3) is 0.320. The molecule has 0 amide bonds. The van der Waals surface area contributed by atoms with Crippen molar-refractivity contribution in [2.45, 2.75) is 26.3 Å². The largest absolute Gasteiger partial charge is 0.353 e. The van der Waals surface area contributed by atoms with E-state index in [1.54, 1.807) is 6.20 Å². The van der Waals surface area contributed by atoms with E-state index in [0.717, 1.165) is 39.7 Å². The fourth-order valence-electron chi connectivity index (χ4n) is 3.75. The third kappa shape index (κ3) is 5.99. The molecule has 4 N–H and O–H groups in total. The smallest absolute Gasteiger partial charge is 0.288 e. The highest BCUT2D eigenvalue weighted by Gasteiger charge is 2.21. The highest BCUT2D eigenvalue weighted by Crippen LogP contribution is 2.28. The molecule has 0 fully saturated rings. The number of hydrogen-bond donors (Lipinski definition) is 4. The van der Waals surface area contributed by atoms with Crippen molar-refractivity contribution in [1.82, 2.24) is 24.2 Å². The molecule has 0 radical (unpaired) electrons. The number of rotatable bonds is 10. The third-order valence-corrected chi connectivity index (χ3v) is 7.25. The van der Waals surface area contributed by atoms with E-state index < -0.39 is 10.4 Å². The molecule has 190 valence electrons. The molecule has 4 aromatic rings. The van der Waals surface area contributed by atoms with Gasteiger partial charge in [0.25, 0.3) is 10.4 Å². The van der Waals surface area contributed by atoms with Crippen molar-refractivity contribution in [2.75, 3.05) is 35.4 Å². The van der Waals surface area contributed by atoms with Crippen LogP contribution in [0.25, 0.3) is 11.0 Å². The van der Waals surface area contributed by atoms with Crippen molar-refractivity contribution < 1.29 is 8.76 Å². The van der Waals surface area contributed by atoms with Gasteiger partial charge in [0.1, 0.15) is 5.82 Å². The molecule has 36 heavy (non-hydrogen) atoms. The van der Waals surface area contributed by atoms with Crippen LogP contribution in [0.1, 0.15) is 19.4 Å². The number of fused-ring (bicyclic) bond motifs is 1. The lowest BCUT2D eigenvalue weighted by molar-refractivity contribution is 0.488. The Morgan fingerprint density at radius 1 is 1.11 bits per heavy atom. The Morgan fingerprint density at radius 2 is 1.86 bits per heavy atom. The lowest BCUT2D eigenvalue weighted by atomic mass is 10.1. The lowest BCUT2D eigenvalue weighted by Crippen LogP contribution is -2.30. The van der Waals surface area contributed by atoms with Crippen LogP contribution in [0.3, 0.4) is 0 Å². The van der Waals surface area contributed by atoms with Crippen LogP contribution in [0.15, 0.2) is 54.7 Å². The summed E-state index contributed by atoms with van der Waals surface area (Å²) < 4.78 is 25.9. The van der Waals surface area contributed by atoms with Gasteiger partial charge in [-0.05, 0) is 60.0 Å². The molecule has 1 unspecified atom stereocenters. The van der Waals surface area contributed by atoms with E-state index in [9.17, 15) is 8.76 Å². The number of nitrogens with zero attached hydrogens (tertiary/aromatic N) is 5. The number of anilines is 5. The molecule has 0 aliphatic carbocycles. The summed E-state index contributed by atoms with van der Waals surface area (Å²) in [5.74, 6) is 2.21. The molecule has 2 heterocycles. The van der Waals surface area contributed by atoms with Crippen molar-refractivity contribution in [3.8, 4) is 0 Å². The van der Waals surface area contributed by atoms with Crippen molar-refractivity contribution in [1.29, 1.82) is 0 Å². The molecule has 1 atom stereocenters. The molecule has 4 rings (SSSR count). The van der Waals surface area contributed by atoms with Crippen molar-refractivity contribution in [3.05, 3.63) is 60.3 Å². The van der Waals surface area contributed by atoms with E-state index in [1.807, 2.05) is 55.4 Å². The summed E-state index contributed by atoms with van der Waals surface area (Å²) in [7, 11) is 2.47. The van der Waals surface area contributed by atoms with Crippen LogP contribution in [0.4, 0.5) is 29.1 Å². The maximum Gasteiger partial charge on any atom is 0.288 e. The van der Waals surface area contributed by atoms with Crippen molar-refractivity contribution in [3.63, 3.8) is 0 Å². The minimum Gasteiger partial charge on any atom is -0.353 e. The number of hydrogen-bond acceptors (Lipinski definition) is 7. The first kappa shape index (κ1) is 25.5. The van der Waals surface area contributed by atoms with Gasteiger partial charge in [-0.25, -0.2) is 9.97 Å². The second-order valence-corrected chi connectivity index (χ2v) is 11.0. The minimum atomic E-state index is -2.98. The summed E-state index contributed by atoms with van der Waals surface area (Å²) >= 11 is 0. The Morgan fingerprint density at radius 3 is 2.56 bits per heavy atom. The molecule has 0 bridgehead atoms. The van der Waals surface area contributed by atoms with Crippen LogP contribution in [-0.4, -0.2) is 50.0 Å². The first-order valence-corrected chi connectivity index (χ1v) is 13.4. The van der Waals surface area contributed by atoms with Gasteiger partial charge < -0.3 is 20.1 Å². The normalized spacial score (nSPS) is 13.1. The van der Waals surface area contributed by atoms with E-state index in [-0.39, 0.29) is 5.75 Å². The zero-order valence-corrected chi connectivity index (χ0v) is 22.0. The Hall–Kier alpha value is -3.54. The third-order valence-electron chi connectivity index (χ3n) is 5.85. The topological polar surface area (TPSA) is 120 Å². The first-order valence-electron chi connectivity index (χ1n) is 11.7. The number of imidazole rings is 1. The summed E-state index contributed by atoms with van der Waals surface area (Å²) in [5, 5.41) is 6.60. The molecule has 11 heteroatoms. The Balaban J connectivity index is 1.47. The first-order chi connectivity index (χ1) is 17.1. The van der Waals surface area contributed by atoms with Crippen LogP contribution in [0.2, 0.25) is 0 Å². The summed E-state index contributed by atoms with van der Waals surface area (Å²) in [6.45, 7) is 4.18. The van der Waals surface area contributed by atoms with Gasteiger partial charge in [-0.3, -0.25) is 0 Å². The Kier molecular flexibility index (Phi) is 7.53. The molecule has 0 saturated carbocycles. The van der Waals surface area contributed by atoms with E-state index in [1.165, 1.54) is 7.05 Å². The number of aryl methyl sites for hydroxylation is 2. The van der Waals surface area contributed by atoms with Gasteiger partial charge in [0.05, 0.1) is 11.0 Å². The summed E-state index contributed by atoms with van der Waals surface area (Å²) in [4.78, 5) is 15.8. The maximum absolute atomic E-state index is 11.7. The average Bonchev–Trinajstić information content (AvgIpc) is 3.17. The monoisotopic (exact) mass is 509 g/mol. The van der Waals surface area contributed by atoms with E-state index >= 15 is 0 Å². The molecule has 2 aromatic carbocycles. The second-order valence-electron chi connectivity index (χ2n) is 8.88. The standard InChI is InChI=1S/C25H32N8O2S/c1-17(2)28-25-30-21-16-20(10-11-22(21)33(25)5)32(4)23-12-14-27-24(31-23)29-19-8-6-18(7-9-19)13-15-36(34,35)26-3/h6-12,14,16-17H,13,15H2,1-5H3,(H3-,26,27,28,29,30,31,34,35)/p+1. The SMILES string of the molecule is CN[S+](=O)(O)CCc1ccc(Nc2nccc(N(C)c3ccc4c(c3)nc(NC(C)C)n4C)n2)cc1. The second kappa shape index (κ2) is 10.6. The average molecular weight is 510 g/mol. The number of nitrogens with one attached hydrogen (secondary N) is 3. The zero-order chi connectivity index (χ0) is 25.9. The van der Waals surface area contributed by atoms with Gasteiger partial charge in [-0.2, -0.15) is 9.54 Å². The van der Waals surface area contributed by atoms with E-state index in [0.29, 0.717) is 18.4 Å². The van der Waals surface area contributed by atoms with Gasteiger partial charge >= 0.3 is 0 Å². The summed E-state index contributed by atoms with van der Waals surface area (Å²) in [6.07, 6.45) is 2.22. The molecule has 2 aromatic heterocycles. The summed E-state index contributed by atoms with van der Waals surface area (Å²) in [6, 6.07) is 16.0. The Bertz CT molecular complexity index is 1390. The molecule has 10 nitrogen and oxygen atoms in total. The minimum absolute atomic E-state index is 0.160. The lowest BCUT2D eigenvalue weighted by Gasteiger charge is -2.19. The molecule has 0 aliphatic rings. The van der Waals surface area contributed by atoms with Gasteiger partial charge in [0.15, 0.2) is 5.75 Å². The molecule has 0 aliphatic heterocycles. The molecule has 0 spiro atoms. The maximum atomic E-state index is 11.7. The predicted octanol–water partition coefficient (Wildman–Crippen LogP) is 4.34. The van der Waals surface area contributed by atoms with Crippen molar-refractivity contribution in [2.24, 2.45) is 7.05 Å². The van der Waals surface area contributed by atoms with Crippen molar-refractivity contribution >= 4 is 50.5 Å². The van der Waals surface area contributed by atoms with Gasteiger partial charge in [0.2, 0.25) is 11.9 Å². The summed E-state index contributed by atoms with van der Waals surface area (Å²) in [5.41, 5.74) is 4.73. The highest BCUT2D eigenvalue weighted by molar-refractivity contribution is 7.95.